The SMILES string of the molecule is COC[C@@H](C)N(N=[N+]=[N-])C(=O)OC(C)(C)C. The van der Waals surface area contributed by atoms with Crippen molar-refractivity contribution in [2.45, 2.75) is 39.3 Å². The van der Waals surface area contributed by atoms with Crippen LogP contribution in [0.1, 0.15) is 27.7 Å². The van der Waals surface area contributed by atoms with Gasteiger partial charge < -0.3 is 9.47 Å². The average Bonchev–Trinajstić information content (AvgIpc) is 2.11. The fraction of sp³-hybridized carbons (Fsp3) is 0.889. The summed E-state index contributed by atoms with van der Waals surface area (Å²) in [4.78, 5) is 14.2. The summed E-state index contributed by atoms with van der Waals surface area (Å²) in [7, 11) is 1.50. The van der Waals surface area contributed by atoms with E-state index in [1.165, 1.54) is 7.11 Å². The lowest BCUT2D eigenvalue weighted by atomic mass is 10.2. The monoisotopic (exact) mass is 230 g/mol. The van der Waals surface area contributed by atoms with E-state index in [1.54, 1.807) is 27.7 Å². The first kappa shape index (κ1) is 14.5. The lowest BCUT2D eigenvalue weighted by molar-refractivity contribution is 0.00840. The first-order chi connectivity index (χ1) is 7.31. The molecule has 0 unspecified atom stereocenters. The Kier molecular flexibility index (Phi) is 5.63. The van der Waals surface area contributed by atoms with Crippen molar-refractivity contribution in [3.05, 3.63) is 10.4 Å². The van der Waals surface area contributed by atoms with E-state index in [4.69, 9.17) is 15.0 Å². The van der Waals surface area contributed by atoms with Gasteiger partial charge in [0.25, 0.3) is 0 Å². The second-order valence-electron chi connectivity index (χ2n) is 4.31. The zero-order chi connectivity index (χ0) is 12.8. The van der Waals surface area contributed by atoms with Crippen LogP contribution in [0.5, 0.6) is 0 Å². The van der Waals surface area contributed by atoms with Gasteiger partial charge in [0.1, 0.15) is 11.6 Å². The molecule has 0 fully saturated rings. The molecular formula is C9H18N4O3. The topological polar surface area (TPSA) is 87.5 Å². The van der Waals surface area contributed by atoms with Crippen LogP contribution in [0.3, 0.4) is 0 Å². The van der Waals surface area contributed by atoms with Crippen LogP contribution in [-0.4, -0.2) is 36.5 Å². The molecule has 0 aliphatic heterocycles. The molecule has 0 N–H and O–H groups in total. The minimum atomic E-state index is -0.685. The van der Waals surface area contributed by atoms with E-state index in [2.05, 4.69) is 10.1 Å². The highest BCUT2D eigenvalue weighted by Crippen LogP contribution is 2.12. The summed E-state index contributed by atoms with van der Waals surface area (Å²) in [6, 6.07) is -0.379. The van der Waals surface area contributed by atoms with Gasteiger partial charge in [-0.1, -0.05) is 0 Å². The van der Waals surface area contributed by atoms with Gasteiger partial charge in [-0.25, -0.2) is 0 Å². The Balaban J connectivity index is 4.65. The summed E-state index contributed by atoms with van der Waals surface area (Å²) in [6.45, 7) is 7.17. The van der Waals surface area contributed by atoms with Crippen LogP contribution in [0.4, 0.5) is 4.79 Å². The molecule has 92 valence electrons. The molecule has 0 saturated carbocycles. The first-order valence-electron chi connectivity index (χ1n) is 4.88. The number of carbonyl (C=O) groups is 1. The van der Waals surface area contributed by atoms with Gasteiger partial charge in [-0.2, -0.15) is 9.71 Å². The maximum atomic E-state index is 11.6. The van der Waals surface area contributed by atoms with E-state index >= 15 is 0 Å². The van der Waals surface area contributed by atoms with Crippen molar-refractivity contribution in [2.75, 3.05) is 13.7 Å². The zero-order valence-electron chi connectivity index (χ0n) is 10.3. The van der Waals surface area contributed by atoms with Gasteiger partial charge in [-0.3, -0.25) is 0 Å². The molecule has 0 radical (unpaired) electrons. The number of hydrogen-bond acceptors (Lipinski definition) is 4. The molecule has 0 saturated heterocycles. The Morgan fingerprint density at radius 2 is 2.12 bits per heavy atom. The fourth-order valence-electron chi connectivity index (χ4n) is 0.968. The number of methoxy groups -OCH3 is 1. The van der Waals surface area contributed by atoms with Crippen LogP contribution >= 0.6 is 0 Å². The van der Waals surface area contributed by atoms with Gasteiger partial charge in [-0.05, 0) is 32.9 Å². The number of amides is 1. The van der Waals surface area contributed by atoms with Crippen LogP contribution in [-0.2, 0) is 9.47 Å². The summed E-state index contributed by atoms with van der Waals surface area (Å²) in [5.41, 5.74) is 7.74. The standard InChI is InChI=1S/C9H18N4O3/c1-7(6-15-5)13(12-11-10)8(14)16-9(2,3)4/h7H,6H2,1-5H3/t7-/m1/s1. The summed E-state index contributed by atoms with van der Waals surface area (Å²) < 4.78 is 9.96. The Hall–Kier alpha value is -1.46. The molecule has 1 atom stereocenters. The molecule has 0 aliphatic rings. The largest absolute Gasteiger partial charge is 0.511 e. The van der Waals surface area contributed by atoms with Crippen LogP contribution in [0.25, 0.3) is 10.4 Å². The van der Waals surface area contributed by atoms with Crippen LogP contribution in [0, 0.1) is 0 Å². The second kappa shape index (κ2) is 6.19. The van der Waals surface area contributed by atoms with E-state index < -0.39 is 11.7 Å². The minimum absolute atomic E-state index is 0.262. The summed E-state index contributed by atoms with van der Waals surface area (Å²) in [5, 5.41) is 4.21. The van der Waals surface area contributed by atoms with Crippen molar-refractivity contribution in [1.82, 2.24) is 5.01 Å². The lowest BCUT2D eigenvalue weighted by Crippen LogP contribution is -2.40. The minimum Gasteiger partial charge on any atom is -0.425 e. The van der Waals surface area contributed by atoms with E-state index in [9.17, 15) is 4.79 Å². The molecule has 0 aliphatic carbocycles. The third kappa shape index (κ3) is 5.43. The lowest BCUT2D eigenvalue weighted by Gasteiger charge is -2.23. The number of hydrogen-bond donors (Lipinski definition) is 0. The zero-order valence-corrected chi connectivity index (χ0v) is 10.3. The molecular weight excluding hydrogens is 212 g/mol. The van der Waals surface area contributed by atoms with Gasteiger partial charge in [0.2, 0.25) is 0 Å². The molecule has 0 bridgehead atoms. The third-order valence-corrected chi connectivity index (χ3v) is 1.54. The molecule has 0 aromatic rings. The molecule has 0 aromatic heterocycles. The predicted molar refractivity (Wildman–Crippen MR) is 58.6 cm³/mol. The van der Waals surface area contributed by atoms with Crippen LogP contribution in [0.2, 0.25) is 0 Å². The van der Waals surface area contributed by atoms with Gasteiger partial charge in [0.05, 0.1) is 6.61 Å². The van der Waals surface area contributed by atoms with E-state index in [1.807, 2.05) is 0 Å². The van der Waals surface area contributed by atoms with Crippen molar-refractivity contribution in [1.29, 1.82) is 0 Å². The Labute approximate surface area is 94.9 Å². The molecule has 0 spiro atoms. The Bertz CT molecular complexity index is 281. The van der Waals surface area contributed by atoms with Crippen LogP contribution < -0.4 is 0 Å². The first-order valence-corrected chi connectivity index (χ1v) is 4.88. The molecule has 7 nitrogen and oxygen atoms in total. The molecule has 1 amide bonds. The summed E-state index contributed by atoms with van der Waals surface area (Å²) >= 11 is 0. The molecule has 0 rings (SSSR count). The smallest absolute Gasteiger partial charge is 0.425 e. The maximum Gasteiger partial charge on any atom is 0.511 e. The van der Waals surface area contributed by atoms with E-state index in [-0.39, 0.29) is 12.6 Å². The van der Waals surface area contributed by atoms with Gasteiger partial charge >= 0.3 is 6.09 Å². The second-order valence-corrected chi connectivity index (χ2v) is 4.31. The molecule has 16 heavy (non-hydrogen) atoms. The van der Waals surface area contributed by atoms with Crippen molar-refractivity contribution >= 4 is 6.09 Å². The van der Waals surface area contributed by atoms with Crippen molar-refractivity contribution in [3.63, 3.8) is 0 Å². The number of rotatable bonds is 4. The highest BCUT2D eigenvalue weighted by molar-refractivity contribution is 5.68. The normalized spacial score (nSPS) is 12.6. The average molecular weight is 230 g/mol. The quantitative estimate of drug-likeness (QED) is 0.321. The van der Waals surface area contributed by atoms with Crippen molar-refractivity contribution < 1.29 is 14.3 Å². The van der Waals surface area contributed by atoms with Crippen molar-refractivity contribution in [2.24, 2.45) is 5.22 Å². The number of azide groups is 1. The van der Waals surface area contributed by atoms with Crippen molar-refractivity contribution in [3.8, 4) is 0 Å². The highest BCUT2D eigenvalue weighted by atomic mass is 16.6. The van der Waals surface area contributed by atoms with Gasteiger partial charge in [0.15, 0.2) is 0 Å². The highest BCUT2D eigenvalue weighted by Gasteiger charge is 2.29. The number of nitrogens with zero attached hydrogens (tertiary/aromatic N) is 4. The molecule has 0 heterocycles. The van der Waals surface area contributed by atoms with Gasteiger partial charge in [0, 0.05) is 7.11 Å². The van der Waals surface area contributed by atoms with Gasteiger partial charge in [-0.15, -0.1) is 10.5 Å². The molecule has 7 heteroatoms. The Morgan fingerprint density at radius 1 is 1.56 bits per heavy atom. The maximum absolute atomic E-state index is 11.6. The van der Waals surface area contributed by atoms with Crippen LogP contribution in [0.15, 0.2) is 5.22 Å². The fourth-order valence-corrected chi connectivity index (χ4v) is 0.968. The van der Waals surface area contributed by atoms with E-state index in [0.717, 1.165) is 5.01 Å². The number of carbonyl (C=O) groups excluding carboxylic acids is 1. The molecule has 0 aromatic carbocycles. The summed E-state index contributed by atoms with van der Waals surface area (Å²) in [5.74, 6) is 0. The predicted octanol–water partition coefficient (Wildman–Crippen LogP) is 2.48. The Morgan fingerprint density at radius 3 is 2.50 bits per heavy atom. The van der Waals surface area contributed by atoms with E-state index in [0.29, 0.717) is 0 Å². The number of ether oxygens (including phenoxy) is 2. The summed E-state index contributed by atoms with van der Waals surface area (Å²) in [6.07, 6.45) is -0.685. The third-order valence-electron chi connectivity index (χ3n) is 1.54.